The second-order valence-electron chi connectivity index (χ2n) is 5.72. The highest BCUT2D eigenvalue weighted by Crippen LogP contribution is 2.06. The van der Waals surface area contributed by atoms with E-state index in [0.29, 0.717) is 6.42 Å². The first-order chi connectivity index (χ1) is 9.56. The Hall–Kier alpha value is -1.92. The summed E-state index contributed by atoms with van der Waals surface area (Å²) in [7, 11) is 0. The summed E-state index contributed by atoms with van der Waals surface area (Å²) in [6.45, 7) is 7.94. The predicted octanol–water partition coefficient (Wildman–Crippen LogP) is 0.176. The van der Waals surface area contributed by atoms with Gasteiger partial charge in [-0.25, -0.2) is 0 Å². The third-order valence-electron chi connectivity index (χ3n) is 2.54. The number of hydrogen-bond donors (Lipinski definition) is 2. The fourth-order valence-electron chi connectivity index (χ4n) is 1.27. The number of carbonyl (C=O) groups is 4. The maximum atomic E-state index is 11.5. The van der Waals surface area contributed by atoms with Crippen molar-refractivity contribution in [2.24, 2.45) is 5.92 Å². The van der Waals surface area contributed by atoms with Crippen LogP contribution in [0.5, 0.6) is 0 Å². The highest BCUT2D eigenvalue weighted by molar-refractivity contribution is 6.37. The Balaban J connectivity index is 4.04. The van der Waals surface area contributed by atoms with Crippen LogP contribution in [0.15, 0.2) is 0 Å². The molecule has 0 radical (unpaired) electrons. The van der Waals surface area contributed by atoms with Crippen molar-refractivity contribution < 1.29 is 23.9 Å². The molecule has 7 heteroatoms. The number of ketones is 1. The summed E-state index contributed by atoms with van der Waals surface area (Å²) in [6, 6.07) is 0. The van der Waals surface area contributed by atoms with Crippen LogP contribution in [0.25, 0.3) is 0 Å². The van der Waals surface area contributed by atoms with Crippen molar-refractivity contribution in [3.8, 4) is 0 Å². The zero-order valence-corrected chi connectivity index (χ0v) is 13.2. The van der Waals surface area contributed by atoms with Gasteiger partial charge in [0.2, 0.25) is 11.7 Å². The molecule has 120 valence electrons. The van der Waals surface area contributed by atoms with Crippen molar-refractivity contribution in [2.45, 2.75) is 46.6 Å². The smallest absolute Gasteiger partial charge is 0.325 e. The summed E-state index contributed by atoms with van der Waals surface area (Å²) in [5, 5.41) is 4.52. The molecular weight excluding hydrogens is 276 g/mol. The molecule has 1 atom stereocenters. The van der Waals surface area contributed by atoms with Crippen molar-refractivity contribution in [1.29, 1.82) is 0 Å². The molecule has 0 aromatic heterocycles. The Kier molecular flexibility index (Phi) is 7.62. The Bertz CT molecular complexity index is 412. The van der Waals surface area contributed by atoms with E-state index in [1.165, 1.54) is 0 Å². The van der Waals surface area contributed by atoms with Gasteiger partial charge in [-0.1, -0.05) is 13.8 Å². The Morgan fingerprint density at radius 3 is 2.10 bits per heavy atom. The Morgan fingerprint density at radius 1 is 1.05 bits per heavy atom. The minimum absolute atomic E-state index is 0.286. The largest absolute Gasteiger partial charge is 0.459 e. The zero-order valence-electron chi connectivity index (χ0n) is 13.2. The van der Waals surface area contributed by atoms with Crippen LogP contribution in [-0.4, -0.2) is 42.3 Å². The molecule has 0 aliphatic carbocycles. The van der Waals surface area contributed by atoms with Gasteiger partial charge in [0.25, 0.3) is 5.91 Å². The molecule has 0 saturated carbocycles. The van der Waals surface area contributed by atoms with Crippen molar-refractivity contribution in [3.63, 3.8) is 0 Å². The lowest BCUT2D eigenvalue weighted by atomic mass is 10.0. The number of esters is 1. The summed E-state index contributed by atoms with van der Waals surface area (Å²) in [6.07, 6.45) is 0.553. The molecule has 2 N–H and O–H groups in total. The standard InChI is InChI=1S/C14H24N2O5/c1-6-9(2)12(19)13(20)16-7-10(17)15-8-11(18)21-14(3,4)5/h9H,6-8H2,1-5H3,(H,15,17)(H,16,20). The summed E-state index contributed by atoms with van der Waals surface area (Å²) in [5.41, 5.74) is -0.626. The van der Waals surface area contributed by atoms with Crippen molar-refractivity contribution in [2.75, 3.05) is 13.1 Å². The number of nitrogens with one attached hydrogen (secondary N) is 2. The Morgan fingerprint density at radius 2 is 1.62 bits per heavy atom. The maximum Gasteiger partial charge on any atom is 0.325 e. The number of hydrogen-bond acceptors (Lipinski definition) is 5. The molecule has 0 heterocycles. The van der Waals surface area contributed by atoms with E-state index in [1.807, 2.05) is 0 Å². The van der Waals surface area contributed by atoms with Gasteiger partial charge < -0.3 is 15.4 Å². The van der Waals surface area contributed by atoms with E-state index in [0.717, 1.165) is 0 Å². The van der Waals surface area contributed by atoms with Crippen LogP contribution in [-0.2, 0) is 23.9 Å². The minimum Gasteiger partial charge on any atom is -0.459 e. The molecule has 0 aliphatic heterocycles. The van der Waals surface area contributed by atoms with Gasteiger partial charge in [0, 0.05) is 5.92 Å². The highest BCUT2D eigenvalue weighted by Gasteiger charge is 2.20. The van der Waals surface area contributed by atoms with E-state index in [-0.39, 0.29) is 19.0 Å². The third-order valence-corrected chi connectivity index (χ3v) is 2.54. The topological polar surface area (TPSA) is 102 Å². The monoisotopic (exact) mass is 300 g/mol. The van der Waals surface area contributed by atoms with Gasteiger partial charge >= 0.3 is 5.97 Å². The molecule has 21 heavy (non-hydrogen) atoms. The van der Waals surface area contributed by atoms with Crippen LogP contribution in [0, 0.1) is 5.92 Å². The zero-order chi connectivity index (χ0) is 16.6. The fourth-order valence-corrected chi connectivity index (χ4v) is 1.27. The van der Waals surface area contributed by atoms with Crippen LogP contribution >= 0.6 is 0 Å². The van der Waals surface area contributed by atoms with Gasteiger partial charge in [0.1, 0.15) is 12.1 Å². The predicted molar refractivity (Wildman–Crippen MR) is 76.3 cm³/mol. The highest BCUT2D eigenvalue weighted by atomic mass is 16.6. The van der Waals surface area contributed by atoms with Gasteiger partial charge in [0.15, 0.2) is 0 Å². The van der Waals surface area contributed by atoms with Crippen LogP contribution in [0.1, 0.15) is 41.0 Å². The van der Waals surface area contributed by atoms with Crippen LogP contribution in [0.3, 0.4) is 0 Å². The Labute approximate surface area is 124 Å². The number of rotatable bonds is 7. The molecule has 1 unspecified atom stereocenters. The van der Waals surface area contributed by atoms with E-state index in [9.17, 15) is 19.2 Å². The summed E-state index contributed by atoms with van der Waals surface area (Å²) in [4.78, 5) is 45.7. The second-order valence-corrected chi connectivity index (χ2v) is 5.72. The van der Waals surface area contributed by atoms with Crippen LogP contribution in [0.2, 0.25) is 0 Å². The first-order valence-electron chi connectivity index (χ1n) is 6.87. The lowest BCUT2D eigenvalue weighted by molar-refractivity contribution is -0.154. The van der Waals surface area contributed by atoms with Crippen molar-refractivity contribution in [1.82, 2.24) is 10.6 Å². The molecule has 0 aliphatic rings. The van der Waals surface area contributed by atoms with Gasteiger partial charge in [0.05, 0.1) is 6.54 Å². The van der Waals surface area contributed by atoms with E-state index >= 15 is 0 Å². The fraction of sp³-hybridized carbons (Fsp3) is 0.714. The normalized spacial score (nSPS) is 12.2. The maximum absolute atomic E-state index is 11.5. The minimum atomic E-state index is -0.795. The van der Waals surface area contributed by atoms with Gasteiger partial charge in [-0.15, -0.1) is 0 Å². The van der Waals surface area contributed by atoms with Crippen molar-refractivity contribution >= 4 is 23.6 Å². The summed E-state index contributed by atoms with van der Waals surface area (Å²) >= 11 is 0. The molecule has 0 spiro atoms. The first kappa shape index (κ1) is 19.1. The lowest BCUT2D eigenvalue weighted by Gasteiger charge is -2.19. The molecule has 0 aromatic carbocycles. The van der Waals surface area contributed by atoms with Crippen LogP contribution in [0.4, 0.5) is 0 Å². The lowest BCUT2D eigenvalue weighted by Crippen LogP contribution is -2.43. The number of ether oxygens (including phenoxy) is 1. The van der Waals surface area contributed by atoms with Crippen LogP contribution < -0.4 is 10.6 Å². The number of amides is 2. The molecule has 0 rings (SSSR count). The van der Waals surface area contributed by atoms with E-state index in [1.54, 1.807) is 34.6 Å². The summed E-state index contributed by atoms with van der Waals surface area (Å²) in [5.74, 6) is -2.87. The number of carbonyl (C=O) groups excluding carboxylic acids is 4. The molecule has 0 fully saturated rings. The molecule has 7 nitrogen and oxygen atoms in total. The summed E-state index contributed by atoms with van der Waals surface area (Å²) < 4.78 is 5.00. The van der Waals surface area contributed by atoms with E-state index in [4.69, 9.17) is 4.74 Å². The van der Waals surface area contributed by atoms with Crippen molar-refractivity contribution in [3.05, 3.63) is 0 Å². The number of Topliss-reactive ketones (excluding diaryl/α,β-unsaturated/α-hetero) is 1. The SMILES string of the molecule is CCC(C)C(=O)C(=O)NCC(=O)NCC(=O)OC(C)(C)C. The molecule has 0 aromatic rings. The second kappa shape index (κ2) is 8.39. The first-order valence-corrected chi connectivity index (χ1v) is 6.87. The van der Waals surface area contributed by atoms with Gasteiger partial charge in [-0.2, -0.15) is 0 Å². The van der Waals surface area contributed by atoms with Gasteiger partial charge in [-0.05, 0) is 27.2 Å². The molecular formula is C14H24N2O5. The quantitative estimate of drug-likeness (QED) is 0.516. The average molecular weight is 300 g/mol. The molecule has 0 bridgehead atoms. The van der Waals surface area contributed by atoms with E-state index in [2.05, 4.69) is 10.6 Å². The van der Waals surface area contributed by atoms with Gasteiger partial charge in [-0.3, -0.25) is 19.2 Å². The average Bonchev–Trinajstić information content (AvgIpc) is 2.38. The third kappa shape index (κ3) is 8.78. The molecule has 0 saturated heterocycles. The van der Waals surface area contributed by atoms with E-state index < -0.39 is 29.2 Å². The molecule has 2 amide bonds.